The molecule has 8 nitrogen and oxygen atoms in total. The number of benzene rings is 1. The van der Waals surface area contributed by atoms with E-state index in [9.17, 15) is 23.1 Å². The Bertz CT molecular complexity index is 1190. The number of anilines is 2. The summed E-state index contributed by atoms with van der Waals surface area (Å²) in [4.78, 5) is 20.9. The Kier molecular flexibility index (Phi) is 6.03. The first-order valence-electron chi connectivity index (χ1n) is 11.3. The first-order chi connectivity index (χ1) is 16.4. The number of nitrogens with one attached hydrogen (secondary N) is 1. The summed E-state index contributed by atoms with van der Waals surface area (Å²) in [6.45, 7) is 1.50. The third-order valence-electron chi connectivity index (χ3n) is 6.54. The van der Waals surface area contributed by atoms with Crippen molar-refractivity contribution in [2.75, 3.05) is 29.9 Å². The Hall–Kier alpha value is -3.34. The van der Waals surface area contributed by atoms with E-state index >= 15 is 0 Å². The molecule has 11 heteroatoms. The number of urea groups is 1. The quantitative estimate of drug-likeness (QED) is 0.594. The lowest BCUT2D eigenvalue weighted by Crippen LogP contribution is -2.42. The Morgan fingerprint density at radius 2 is 1.94 bits per heavy atom. The maximum atomic E-state index is 14.0. The zero-order chi connectivity index (χ0) is 23.8. The SMILES string of the molecule is O=C(Nc1cnn2ccc(N3CCCC3c3cc(F)ccc3C(F)F)nc12)N1CCC(O)CC1. The molecule has 1 unspecified atom stereocenters. The fraction of sp³-hybridized carbons (Fsp3) is 0.435. The van der Waals surface area contributed by atoms with E-state index in [1.165, 1.54) is 16.8 Å². The van der Waals surface area contributed by atoms with E-state index in [0.717, 1.165) is 18.6 Å². The normalized spacial score (nSPS) is 19.4. The van der Waals surface area contributed by atoms with Gasteiger partial charge in [0.25, 0.3) is 6.43 Å². The molecule has 0 bridgehead atoms. The number of rotatable bonds is 4. The lowest BCUT2D eigenvalue weighted by molar-refractivity contribution is 0.0972. The number of aliphatic hydroxyl groups is 1. The van der Waals surface area contributed by atoms with Crippen LogP contribution in [0.3, 0.4) is 0 Å². The van der Waals surface area contributed by atoms with Gasteiger partial charge in [-0.2, -0.15) is 5.10 Å². The molecule has 34 heavy (non-hydrogen) atoms. The lowest BCUT2D eigenvalue weighted by atomic mass is 9.98. The van der Waals surface area contributed by atoms with Crippen LogP contribution in [0.25, 0.3) is 5.65 Å². The average molecular weight is 474 g/mol. The number of nitrogens with zero attached hydrogens (tertiary/aromatic N) is 5. The Morgan fingerprint density at radius 1 is 1.15 bits per heavy atom. The summed E-state index contributed by atoms with van der Waals surface area (Å²) >= 11 is 0. The Balaban J connectivity index is 1.42. The number of piperidine rings is 1. The zero-order valence-electron chi connectivity index (χ0n) is 18.4. The van der Waals surface area contributed by atoms with Gasteiger partial charge in [-0.1, -0.05) is 6.07 Å². The first-order valence-corrected chi connectivity index (χ1v) is 11.3. The molecule has 2 aliphatic rings. The molecule has 0 spiro atoms. The van der Waals surface area contributed by atoms with E-state index in [1.807, 2.05) is 4.90 Å². The Labute approximate surface area is 194 Å². The molecule has 4 heterocycles. The van der Waals surface area contributed by atoms with Crippen molar-refractivity contribution >= 4 is 23.2 Å². The predicted octanol–water partition coefficient (Wildman–Crippen LogP) is 4.14. The van der Waals surface area contributed by atoms with E-state index < -0.39 is 18.3 Å². The van der Waals surface area contributed by atoms with Gasteiger partial charge >= 0.3 is 6.03 Å². The maximum Gasteiger partial charge on any atom is 0.321 e. The van der Waals surface area contributed by atoms with Crippen LogP contribution in [0.5, 0.6) is 0 Å². The largest absolute Gasteiger partial charge is 0.393 e. The molecule has 5 rings (SSSR count). The summed E-state index contributed by atoms with van der Waals surface area (Å²) in [7, 11) is 0. The summed E-state index contributed by atoms with van der Waals surface area (Å²) in [5.74, 6) is -0.0164. The van der Waals surface area contributed by atoms with Gasteiger partial charge in [0, 0.05) is 31.4 Å². The van der Waals surface area contributed by atoms with Crippen LogP contribution in [0.15, 0.2) is 36.7 Å². The molecule has 1 atom stereocenters. The highest BCUT2D eigenvalue weighted by Gasteiger charge is 2.31. The van der Waals surface area contributed by atoms with E-state index in [0.29, 0.717) is 56.0 Å². The number of amides is 2. The van der Waals surface area contributed by atoms with Crippen molar-refractivity contribution in [2.24, 2.45) is 0 Å². The van der Waals surface area contributed by atoms with Crippen molar-refractivity contribution in [3.8, 4) is 0 Å². The molecule has 2 saturated heterocycles. The number of carbonyl (C=O) groups is 1. The van der Waals surface area contributed by atoms with Gasteiger partial charge in [-0.05, 0) is 49.4 Å². The second-order valence-electron chi connectivity index (χ2n) is 8.69. The minimum Gasteiger partial charge on any atom is -0.393 e. The van der Waals surface area contributed by atoms with Gasteiger partial charge < -0.3 is 20.2 Å². The summed E-state index contributed by atoms with van der Waals surface area (Å²) in [5, 5.41) is 16.7. The lowest BCUT2D eigenvalue weighted by Gasteiger charge is -2.29. The summed E-state index contributed by atoms with van der Waals surface area (Å²) in [6.07, 6.45) is 2.51. The highest BCUT2D eigenvalue weighted by atomic mass is 19.3. The van der Waals surface area contributed by atoms with E-state index in [4.69, 9.17) is 0 Å². The van der Waals surface area contributed by atoms with E-state index in [-0.39, 0.29) is 23.3 Å². The summed E-state index contributed by atoms with van der Waals surface area (Å²) < 4.78 is 42.7. The van der Waals surface area contributed by atoms with Crippen molar-refractivity contribution in [3.63, 3.8) is 0 Å². The van der Waals surface area contributed by atoms with Crippen LogP contribution in [0.4, 0.5) is 29.5 Å². The fourth-order valence-corrected chi connectivity index (χ4v) is 4.77. The number of carbonyl (C=O) groups excluding carboxylic acids is 1. The molecule has 0 aliphatic carbocycles. The topological polar surface area (TPSA) is 86.0 Å². The van der Waals surface area contributed by atoms with Crippen molar-refractivity contribution in [1.82, 2.24) is 19.5 Å². The van der Waals surface area contributed by atoms with Crippen LogP contribution >= 0.6 is 0 Å². The van der Waals surface area contributed by atoms with Gasteiger partial charge in [-0.3, -0.25) is 0 Å². The van der Waals surface area contributed by atoms with Gasteiger partial charge in [-0.15, -0.1) is 0 Å². The second kappa shape index (κ2) is 9.13. The molecule has 2 aromatic heterocycles. The number of likely N-dealkylation sites (tertiary alicyclic amines) is 1. The van der Waals surface area contributed by atoms with Crippen molar-refractivity contribution in [1.29, 1.82) is 0 Å². The van der Waals surface area contributed by atoms with Crippen LogP contribution in [0.2, 0.25) is 0 Å². The number of hydrogen-bond acceptors (Lipinski definition) is 5. The minimum atomic E-state index is -2.71. The van der Waals surface area contributed by atoms with Crippen LogP contribution < -0.4 is 10.2 Å². The number of hydrogen-bond donors (Lipinski definition) is 2. The standard InChI is InChI=1S/C23H25F3N6O2/c24-14-3-4-16(21(25)26)17(12-14)19-2-1-8-31(19)20-7-11-32-22(29-20)18(13-27-32)28-23(34)30-9-5-15(33)6-10-30/h3-4,7,11-13,15,19,21,33H,1-2,5-6,8-10H2,(H,28,34). The van der Waals surface area contributed by atoms with Crippen LogP contribution in [-0.4, -0.2) is 56.4 Å². The average Bonchev–Trinajstić information content (AvgIpc) is 3.46. The van der Waals surface area contributed by atoms with Gasteiger partial charge in [0.05, 0.1) is 18.3 Å². The third-order valence-corrected chi connectivity index (χ3v) is 6.54. The zero-order valence-corrected chi connectivity index (χ0v) is 18.4. The molecule has 3 aromatic rings. The highest BCUT2D eigenvalue weighted by molar-refractivity contribution is 5.93. The van der Waals surface area contributed by atoms with Crippen molar-refractivity contribution in [2.45, 2.75) is 44.3 Å². The van der Waals surface area contributed by atoms with E-state index in [1.54, 1.807) is 17.2 Å². The van der Waals surface area contributed by atoms with Crippen LogP contribution in [0.1, 0.15) is 49.3 Å². The third kappa shape index (κ3) is 4.27. The fourth-order valence-electron chi connectivity index (χ4n) is 4.77. The summed E-state index contributed by atoms with van der Waals surface area (Å²) in [5.41, 5.74) is 0.932. The molecule has 180 valence electrons. The highest BCUT2D eigenvalue weighted by Crippen LogP contribution is 2.39. The summed E-state index contributed by atoms with van der Waals surface area (Å²) in [6, 6.07) is 4.39. The molecular formula is C23H25F3N6O2. The molecule has 2 N–H and O–H groups in total. The number of fused-ring (bicyclic) bond motifs is 1. The van der Waals surface area contributed by atoms with Crippen LogP contribution in [-0.2, 0) is 0 Å². The van der Waals surface area contributed by atoms with Crippen molar-refractivity contribution < 1.29 is 23.1 Å². The molecule has 0 saturated carbocycles. The number of aromatic nitrogens is 3. The molecule has 0 radical (unpaired) electrons. The monoisotopic (exact) mass is 474 g/mol. The van der Waals surface area contributed by atoms with Gasteiger partial charge in [-0.25, -0.2) is 27.5 Å². The Morgan fingerprint density at radius 3 is 2.71 bits per heavy atom. The predicted molar refractivity (Wildman–Crippen MR) is 119 cm³/mol. The second-order valence-corrected chi connectivity index (χ2v) is 8.69. The smallest absolute Gasteiger partial charge is 0.321 e. The van der Waals surface area contributed by atoms with Crippen molar-refractivity contribution in [3.05, 3.63) is 53.6 Å². The number of alkyl halides is 2. The molecule has 2 amide bonds. The molecular weight excluding hydrogens is 449 g/mol. The maximum absolute atomic E-state index is 14.0. The van der Waals surface area contributed by atoms with Gasteiger partial charge in [0.1, 0.15) is 17.3 Å². The number of aliphatic hydroxyl groups excluding tert-OH is 1. The van der Waals surface area contributed by atoms with Gasteiger partial charge in [0.2, 0.25) is 0 Å². The molecule has 2 fully saturated rings. The minimum absolute atomic E-state index is 0.177. The van der Waals surface area contributed by atoms with E-state index in [2.05, 4.69) is 15.4 Å². The number of halogens is 3. The van der Waals surface area contributed by atoms with Crippen LogP contribution in [0, 0.1) is 5.82 Å². The molecule has 1 aromatic carbocycles. The molecule has 2 aliphatic heterocycles. The van der Waals surface area contributed by atoms with Gasteiger partial charge in [0.15, 0.2) is 5.65 Å². The first kappa shape index (κ1) is 22.5.